The summed E-state index contributed by atoms with van der Waals surface area (Å²) in [6.45, 7) is 5.60. The molecule has 0 bridgehead atoms. The number of Topliss-reactive ketones (excluding diaryl/α,β-unsaturated/α-hetero) is 1. The fourth-order valence-electron chi connectivity index (χ4n) is 3.18. The summed E-state index contributed by atoms with van der Waals surface area (Å²) in [5, 5.41) is 3.30. The standard InChI is InChI=1S/C17H24N2O2/c1-13(19-9-4-2-3-5-10-19)17(20)14-6-7-16-15(12-14)18-8-11-21-16/h6-7,12-13,18H,2-5,8-11H2,1H3. The number of ether oxygens (including phenoxy) is 1. The number of ketones is 1. The van der Waals surface area contributed by atoms with Crippen LogP contribution in [0.2, 0.25) is 0 Å². The fraction of sp³-hybridized carbons (Fsp3) is 0.588. The monoisotopic (exact) mass is 288 g/mol. The van der Waals surface area contributed by atoms with Crippen molar-refractivity contribution in [1.82, 2.24) is 4.90 Å². The number of likely N-dealkylation sites (tertiary alicyclic amines) is 1. The summed E-state index contributed by atoms with van der Waals surface area (Å²) >= 11 is 0. The van der Waals surface area contributed by atoms with Crippen LogP contribution in [0.4, 0.5) is 5.69 Å². The number of rotatable bonds is 3. The molecule has 0 radical (unpaired) electrons. The van der Waals surface area contributed by atoms with Gasteiger partial charge in [0.2, 0.25) is 0 Å². The Balaban J connectivity index is 1.74. The normalized spacial score (nSPS) is 20.6. The highest BCUT2D eigenvalue weighted by Gasteiger charge is 2.24. The second kappa shape index (κ2) is 6.48. The summed E-state index contributed by atoms with van der Waals surface area (Å²) in [4.78, 5) is 15.1. The van der Waals surface area contributed by atoms with Gasteiger partial charge in [-0.1, -0.05) is 12.8 Å². The number of hydrogen-bond donors (Lipinski definition) is 1. The zero-order valence-electron chi connectivity index (χ0n) is 12.7. The maximum absolute atomic E-state index is 12.7. The molecule has 1 N–H and O–H groups in total. The van der Waals surface area contributed by atoms with Crippen molar-refractivity contribution in [1.29, 1.82) is 0 Å². The number of anilines is 1. The maximum Gasteiger partial charge on any atom is 0.179 e. The van der Waals surface area contributed by atoms with Gasteiger partial charge in [-0.15, -0.1) is 0 Å². The molecule has 0 aromatic heterocycles. The lowest BCUT2D eigenvalue weighted by molar-refractivity contribution is 0.0843. The lowest BCUT2D eigenvalue weighted by Gasteiger charge is -2.27. The number of carbonyl (C=O) groups is 1. The third-order valence-corrected chi connectivity index (χ3v) is 4.51. The summed E-state index contributed by atoms with van der Waals surface area (Å²) in [5.74, 6) is 1.06. The van der Waals surface area contributed by atoms with Gasteiger partial charge in [-0.2, -0.15) is 0 Å². The summed E-state index contributed by atoms with van der Waals surface area (Å²) in [6.07, 6.45) is 4.99. The number of fused-ring (bicyclic) bond motifs is 1. The van der Waals surface area contributed by atoms with Crippen molar-refractivity contribution in [2.45, 2.75) is 38.6 Å². The van der Waals surface area contributed by atoms with Gasteiger partial charge in [-0.25, -0.2) is 0 Å². The Kier molecular flexibility index (Phi) is 4.44. The first-order valence-electron chi connectivity index (χ1n) is 8.05. The van der Waals surface area contributed by atoms with Crippen molar-refractivity contribution in [3.05, 3.63) is 23.8 Å². The highest BCUT2D eigenvalue weighted by Crippen LogP contribution is 2.29. The fourth-order valence-corrected chi connectivity index (χ4v) is 3.18. The van der Waals surface area contributed by atoms with Crippen molar-refractivity contribution < 1.29 is 9.53 Å². The first-order chi connectivity index (χ1) is 10.3. The van der Waals surface area contributed by atoms with Crippen molar-refractivity contribution in [3.63, 3.8) is 0 Å². The van der Waals surface area contributed by atoms with E-state index in [-0.39, 0.29) is 11.8 Å². The maximum atomic E-state index is 12.7. The van der Waals surface area contributed by atoms with Crippen LogP contribution in [0, 0.1) is 0 Å². The number of benzene rings is 1. The predicted octanol–water partition coefficient (Wildman–Crippen LogP) is 2.94. The molecule has 0 aliphatic carbocycles. The van der Waals surface area contributed by atoms with Gasteiger partial charge < -0.3 is 10.1 Å². The van der Waals surface area contributed by atoms with Crippen LogP contribution < -0.4 is 10.1 Å². The molecular weight excluding hydrogens is 264 g/mol. The van der Waals surface area contributed by atoms with Crippen molar-refractivity contribution in [2.75, 3.05) is 31.6 Å². The van der Waals surface area contributed by atoms with Crippen molar-refractivity contribution >= 4 is 11.5 Å². The molecule has 0 spiro atoms. The van der Waals surface area contributed by atoms with Crippen LogP contribution >= 0.6 is 0 Å². The third-order valence-electron chi connectivity index (χ3n) is 4.51. The van der Waals surface area contributed by atoms with Gasteiger partial charge in [0.25, 0.3) is 0 Å². The average molecular weight is 288 g/mol. The minimum atomic E-state index is -0.0364. The summed E-state index contributed by atoms with van der Waals surface area (Å²) < 4.78 is 5.57. The molecule has 4 nitrogen and oxygen atoms in total. The Hall–Kier alpha value is -1.55. The molecule has 1 unspecified atom stereocenters. The van der Waals surface area contributed by atoms with E-state index in [1.54, 1.807) is 0 Å². The van der Waals surface area contributed by atoms with E-state index in [1.807, 2.05) is 25.1 Å². The van der Waals surface area contributed by atoms with Crippen LogP contribution in [0.1, 0.15) is 43.0 Å². The smallest absolute Gasteiger partial charge is 0.179 e. The van der Waals surface area contributed by atoms with Crippen molar-refractivity contribution in [3.8, 4) is 5.75 Å². The molecule has 1 saturated heterocycles. The highest BCUT2D eigenvalue weighted by molar-refractivity contribution is 6.01. The second-order valence-corrected chi connectivity index (χ2v) is 5.98. The molecule has 21 heavy (non-hydrogen) atoms. The van der Waals surface area contributed by atoms with E-state index in [2.05, 4.69) is 10.2 Å². The Morgan fingerprint density at radius 3 is 2.76 bits per heavy atom. The molecule has 0 amide bonds. The van der Waals surface area contributed by atoms with E-state index in [0.717, 1.165) is 36.6 Å². The summed E-state index contributed by atoms with van der Waals surface area (Å²) in [6, 6.07) is 5.70. The molecule has 2 aliphatic rings. The largest absolute Gasteiger partial charge is 0.490 e. The summed E-state index contributed by atoms with van der Waals surface area (Å²) in [7, 11) is 0. The van der Waals surface area contributed by atoms with E-state index in [1.165, 1.54) is 25.7 Å². The lowest BCUT2D eigenvalue weighted by Crippen LogP contribution is -2.39. The quantitative estimate of drug-likeness (QED) is 0.868. The van der Waals surface area contributed by atoms with Gasteiger partial charge >= 0.3 is 0 Å². The first kappa shape index (κ1) is 14.4. The van der Waals surface area contributed by atoms with Gasteiger partial charge in [-0.3, -0.25) is 9.69 Å². The van der Waals surface area contributed by atoms with E-state index < -0.39 is 0 Å². The van der Waals surface area contributed by atoms with Crippen LogP contribution in [0.3, 0.4) is 0 Å². The van der Waals surface area contributed by atoms with E-state index in [0.29, 0.717) is 6.61 Å². The van der Waals surface area contributed by atoms with Crippen LogP contribution in [0.5, 0.6) is 5.75 Å². The van der Waals surface area contributed by atoms with E-state index in [9.17, 15) is 4.79 Å². The van der Waals surface area contributed by atoms with E-state index in [4.69, 9.17) is 4.74 Å². The molecule has 1 atom stereocenters. The van der Waals surface area contributed by atoms with Gasteiger partial charge in [0, 0.05) is 12.1 Å². The first-order valence-corrected chi connectivity index (χ1v) is 8.05. The van der Waals surface area contributed by atoms with Crippen LogP contribution in [-0.4, -0.2) is 43.0 Å². The molecule has 0 saturated carbocycles. The predicted molar refractivity (Wildman–Crippen MR) is 84.3 cm³/mol. The molecular formula is C17H24N2O2. The molecule has 2 aliphatic heterocycles. The topological polar surface area (TPSA) is 41.6 Å². The zero-order valence-corrected chi connectivity index (χ0v) is 12.7. The molecule has 1 aromatic carbocycles. The van der Waals surface area contributed by atoms with Gasteiger partial charge in [0.05, 0.1) is 11.7 Å². The molecule has 2 heterocycles. The zero-order chi connectivity index (χ0) is 14.7. The SMILES string of the molecule is CC(C(=O)c1ccc2c(c1)NCCO2)N1CCCCCC1. The number of carbonyl (C=O) groups excluding carboxylic acids is 1. The van der Waals surface area contributed by atoms with Crippen LogP contribution in [0.25, 0.3) is 0 Å². The highest BCUT2D eigenvalue weighted by atomic mass is 16.5. The number of hydrogen-bond acceptors (Lipinski definition) is 4. The van der Waals surface area contributed by atoms with Crippen LogP contribution in [0.15, 0.2) is 18.2 Å². The molecule has 3 rings (SSSR count). The second-order valence-electron chi connectivity index (χ2n) is 5.98. The lowest BCUT2D eigenvalue weighted by atomic mass is 10.0. The van der Waals surface area contributed by atoms with E-state index >= 15 is 0 Å². The third kappa shape index (κ3) is 3.21. The van der Waals surface area contributed by atoms with Gasteiger partial charge in [0.1, 0.15) is 12.4 Å². The summed E-state index contributed by atoms with van der Waals surface area (Å²) in [5.41, 5.74) is 1.72. The number of nitrogens with one attached hydrogen (secondary N) is 1. The van der Waals surface area contributed by atoms with Crippen LogP contribution in [-0.2, 0) is 0 Å². The molecule has 1 aromatic rings. The molecule has 4 heteroatoms. The van der Waals surface area contributed by atoms with Gasteiger partial charge in [-0.05, 0) is 51.1 Å². The van der Waals surface area contributed by atoms with Crippen molar-refractivity contribution in [2.24, 2.45) is 0 Å². The Labute approximate surface area is 126 Å². The van der Waals surface area contributed by atoms with Gasteiger partial charge in [0.15, 0.2) is 5.78 Å². The Bertz CT molecular complexity index is 508. The average Bonchev–Trinajstić information content (AvgIpc) is 2.82. The molecule has 1 fully saturated rings. The minimum Gasteiger partial charge on any atom is -0.490 e. The minimum absolute atomic E-state index is 0.0364. The number of nitrogens with zero attached hydrogens (tertiary/aromatic N) is 1. The Morgan fingerprint density at radius 1 is 1.24 bits per heavy atom. The molecule has 114 valence electrons. The Morgan fingerprint density at radius 2 is 2.00 bits per heavy atom.